The molecule has 1 saturated heterocycles. The van der Waals surface area contributed by atoms with Crippen LogP contribution in [0.15, 0.2) is 0 Å². The molecule has 1 unspecified atom stereocenters. The van der Waals surface area contributed by atoms with E-state index in [0.29, 0.717) is 5.22 Å². The average molecular weight is 187 g/mol. The van der Waals surface area contributed by atoms with E-state index in [1.165, 1.54) is 42.3 Å². The van der Waals surface area contributed by atoms with Gasteiger partial charge in [0.15, 0.2) is 0 Å². The van der Waals surface area contributed by atoms with E-state index in [9.17, 15) is 0 Å². The SMILES string of the molecule is NCCCCC1([SiH3])CCCCO1. The zero-order valence-corrected chi connectivity index (χ0v) is 10.1. The average Bonchev–Trinajstić information content (AvgIpc) is 2.06. The first kappa shape index (κ1) is 10.2. The molecule has 0 aliphatic carbocycles. The fraction of sp³-hybridized carbons (Fsp3) is 1.00. The molecule has 1 atom stereocenters. The minimum absolute atomic E-state index is 0.313. The van der Waals surface area contributed by atoms with Crippen LogP contribution < -0.4 is 5.73 Å². The van der Waals surface area contributed by atoms with Gasteiger partial charge in [-0.15, -0.1) is 0 Å². The molecule has 0 radical (unpaired) electrons. The molecule has 0 aromatic heterocycles. The summed E-state index contributed by atoms with van der Waals surface area (Å²) < 4.78 is 5.83. The normalized spacial score (nSPS) is 30.8. The van der Waals surface area contributed by atoms with E-state index in [4.69, 9.17) is 10.5 Å². The summed E-state index contributed by atoms with van der Waals surface area (Å²) in [7, 11) is 1.18. The zero-order valence-electron chi connectivity index (χ0n) is 8.14. The van der Waals surface area contributed by atoms with Crippen LogP contribution in [0, 0.1) is 0 Å². The highest BCUT2D eigenvalue weighted by Crippen LogP contribution is 2.26. The van der Waals surface area contributed by atoms with E-state index >= 15 is 0 Å². The molecule has 1 aliphatic heterocycles. The fourth-order valence-corrected chi connectivity index (χ4v) is 2.74. The van der Waals surface area contributed by atoms with Crippen molar-refractivity contribution < 1.29 is 4.74 Å². The van der Waals surface area contributed by atoms with Gasteiger partial charge in [-0.2, -0.15) is 0 Å². The molecule has 2 nitrogen and oxygen atoms in total. The topological polar surface area (TPSA) is 35.2 Å². The number of unbranched alkanes of at least 4 members (excludes halogenated alkanes) is 1. The smallest absolute Gasteiger partial charge is 0.0486 e. The largest absolute Gasteiger partial charge is 0.380 e. The van der Waals surface area contributed by atoms with Crippen LogP contribution in [0.2, 0.25) is 0 Å². The number of hydrogen-bond donors (Lipinski definition) is 1. The molecule has 0 bridgehead atoms. The summed E-state index contributed by atoms with van der Waals surface area (Å²) in [5, 5.41) is 0.313. The van der Waals surface area contributed by atoms with Gasteiger partial charge < -0.3 is 10.5 Å². The lowest BCUT2D eigenvalue weighted by atomic mass is 10.0. The molecule has 1 rings (SSSR count). The predicted molar refractivity (Wildman–Crippen MR) is 55.4 cm³/mol. The Hall–Kier alpha value is 0.137. The van der Waals surface area contributed by atoms with E-state index in [1.54, 1.807) is 0 Å². The lowest BCUT2D eigenvalue weighted by molar-refractivity contribution is -0.0238. The minimum atomic E-state index is 0.313. The van der Waals surface area contributed by atoms with Crippen molar-refractivity contribution in [2.45, 2.75) is 43.7 Å². The Morgan fingerprint density at radius 3 is 2.75 bits per heavy atom. The maximum atomic E-state index is 5.83. The summed E-state index contributed by atoms with van der Waals surface area (Å²) in [4.78, 5) is 0. The first-order valence-corrected chi connectivity index (χ1v) is 6.11. The molecule has 0 aromatic carbocycles. The number of ether oxygens (including phenoxy) is 1. The Morgan fingerprint density at radius 2 is 2.17 bits per heavy atom. The molecule has 1 aliphatic rings. The number of nitrogens with two attached hydrogens (primary N) is 1. The molecule has 1 fully saturated rings. The number of rotatable bonds is 4. The molecule has 72 valence electrons. The van der Waals surface area contributed by atoms with E-state index in [1.807, 2.05) is 0 Å². The van der Waals surface area contributed by atoms with Gasteiger partial charge >= 0.3 is 0 Å². The first-order chi connectivity index (χ1) is 5.77. The molecular weight excluding hydrogens is 166 g/mol. The van der Waals surface area contributed by atoms with Crippen molar-refractivity contribution >= 4 is 10.2 Å². The molecule has 0 amide bonds. The second kappa shape index (κ2) is 4.99. The third-order valence-electron chi connectivity index (χ3n) is 2.71. The standard InChI is InChI=1S/C9H21NOSi/c10-7-3-1-5-9(12)6-2-4-8-11-9/h1-8,10H2,12H3. The van der Waals surface area contributed by atoms with Gasteiger partial charge in [-0.05, 0) is 45.1 Å². The summed E-state index contributed by atoms with van der Waals surface area (Å²) in [6, 6.07) is 0. The van der Waals surface area contributed by atoms with Crippen LogP contribution in [0.1, 0.15) is 38.5 Å². The molecule has 0 saturated carbocycles. The van der Waals surface area contributed by atoms with E-state index in [-0.39, 0.29) is 0 Å². The van der Waals surface area contributed by atoms with Crippen LogP contribution in [0.3, 0.4) is 0 Å². The van der Waals surface area contributed by atoms with Crippen molar-refractivity contribution in [1.82, 2.24) is 0 Å². The van der Waals surface area contributed by atoms with Crippen molar-refractivity contribution in [2.75, 3.05) is 13.2 Å². The fourth-order valence-electron chi connectivity index (χ4n) is 1.83. The van der Waals surface area contributed by atoms with Crippen LogP contribution in [0.25, 0.3) is 0 Å². The van der Waals surface area contributed by atoms with Gasteiger partial charge in [0.05, 0.1) is 0 Å². The van der Waals surface area contributed by atoms with E-state index in [0.717, 1.165) is 19.6 Å². The van der Waals surface area contributed by atoms with E-state index < -0.39 is 0 Å². The van der Waals surface area contributed by atoms with Gasteiger partial charge in [0.2, 0.25) is 0 Å². The summed E-state index contributed by atoms with van der Waals surface area (Å²) in [5.41, 5.74) is 5.46. The lowest BCUT2D eigenvalue weighted by Crippen LogP contribution is -2.36. The summed E-state index contributed by atoms with van der Waals surface area (Å²) in [6.07, 6.45) is 7.58. The van der Waals surface area contributed by atoms with Crippen LogP contribution in [-0.2, 0) is 4.74 Å². The third-order valence-corrected chi connectivity index (χ3v) is 4.00. The van der Waals surface area contributed by atoms with Gasteiger partial charge in [-0.25, -0.2) is 0 Å². The Labute approximate surface area is 78.3 Å². The Kier molecular flexibility index (Phi) is 4.25. The molecule has 0 spiro atoms. The molecule has 3 heteroatoms. The van der Waals surface area contributed by atoms with Gasteiger partial charge in [0, 0.05) is 22.1 Å². The Balaban J connectivity index is 2.17. The predicted octanol–water partition coefficient (Wildman–Crippen LogP) is 0.378. The molecule has 0 aromatic rings. The second-order valence-corrected chi connectivity index (χ2v) is 5.82. The third kappa shape index (κ3) is 3.25. The van der Waals surface area contributed by atoms with Crippen molar-refractivity contribution in [3.63, 3.8) is 0 Å². The minimum Gasteiger partial charge on any atom is -0.380 e. The molecule has 1 heterocycles. The van der Waals surface area contributed by atoms with Crippen molar-refractivity contribution in [3.8, 4) is 0 Å². The van der Waals surface area contributed by atoms with Gasteiger partial charge in [0.1, 0.15) is 0 Å². The summed E-state index contributed by atoms with van der Waals surface area (Å²) >= 11 is 0. The monoisotopic (exact) mass is 187 g/mol. The van der Waals surface area contributed by atoms with Crippen LogP contribution >= 0.6 is 0 Å². The van der Waals surface area contributed by atoms with Crippen LogP contribution in [0.4, 0.5) is 0 Å². The van der Waals surface area contributed by atoms with Gasteiger partial charge in [-0.3, -0.25) is 0 Å². The highest BCUT2D eigenvalue weighted by atomic mass is 28.1. The maximum Gasteiger partial charge on any atom is 0.0486 e. The Morgan fingerprint density at radius 1 is 1.33 bits per heavy atom. The highest BCUT2D eigenvalue weighted by molar-refractivity contribution is 6.14. The first-order valence-electron chi connectivity index (χ1n) is 5.11. The van der Waals surface area contributed by atoms with Crippen molar-refractivity contribution in [1.29, 1.82) is 0 Å². The van der Waals surface area contributed by atoms with Crippen LogP contribution in [0.5, 0.6) is 0 Å². The number of hydrogen-bond acceptors (Lipinski definition) is 2. The lowest BCUT2D eigenvalue weighted by Gasteiger charge is -2.34. The van der Waals surface area contributed by atoms with Gasteiger partial charge in [-0.1, -0.05) is 0 Å². The Bertz CT molecular complexity index is 124. The quantitative estimate of drug-likeness (QED) is 0.510. The summed E-state index contributed by atoms with van der Waals surface area (Å²) in [6.45, 7) is 1.82. The second-order valence-electron chi connectivity index (χ2n) is 4.00. The molecule has 2 N–H and O–H groups in total. The van der Waals surface area contributed by atoms with Crippen molar-refractivity contribution in [2.24, 2.45) is 5.73 Å². The highest BCUT2D eigenvalue weighted by Gasteiger charge is 2.26. The maximum absolute atomic E-state index is 5.83. The van der Waals surface area contributed by atoms with Gasteiger partial charge in [0.25, 0.3) is 0 Å². The zero-order chi connectivity index (χ0) is 8.86. The van der Waals surface area contributed by atoms with E-state index in [2.05, 4.69) is 0 Å². The van der Waals surface area contributed by atoms with Crippen molar-refractivity contribution in [3.05, 3.63) is 0 Å². The summed E-state index contributed by atoms with van der Waals surface area (Å²) in [5.74, 6) is 0. The molecule has 12 heavy (non-hydrogen) atoms. The van der Waals surface area contributed by atoms with Crippen LogP contribution in [-0.4, -0.2) is 28.6 Å². The molecular formula is C9H21NOSi.